The van der Waals surface area contributed by atoms with Gasteiger partial charge in [-0.2, -0.15) is 0 Å². The molecule has 0 saturated heterocycles. The molecule has 0 saturated carbocycles. The van der Waals surface area contributed by atoms with Crippen LogP contribution in [0, 0.1) is 5.82 Å². The fourth-order valence-electron chi connectivity index (χ4n) is 1.63. The van der Waals surface area contributed by atoms with Crippen molar-refractivity contribution in [3.63, 3.8) is 0 Å². The molecule has 0 N–H and O–H groups in total. The molecule has 2 aromatic rings. The molecule has 104 valence electrons. The van der Waals surface area contributed by atoms with E-state index in [1.165, 1.54) is 43.1 Å². The van der Waals surface area contributed by atoms with Gasteiger partial charge < -0.3 is 0 Å². The van der Waals surface area contributed by atoms with E-state index in [4.69, 9.17) is 4.84 Å². The molecule has 1 aromatic carbocycles. The monoisotopic (exact) mass is 337 g/mol. The average Bonchev–Trinajstić information content (AvgIpc) is 2.46. The van der Waals surface area contributed by atoms with Gasteiger partial charge in [-0.25, -0.2) is 0 Å². The van der Waals surface area contributed by atoms with Crippen LogP contribution in [0.1, 0.15) is 10.5 Å². The normalized spacial score (nSPS) is 10.4. The van der Waals surface area contributed by atoms with Crippen molar-refractivity contribution >= 4 is 27.4 Å². The molecular formula is C13H13AsFN3O2. The Morgan fingerprint density at radius 1 is 1.35 bits per heavy atom. The van der Waals surface area contributed by atoms with Crippen molar-refractivity contribution in [3.8, 4) is 11.1 Å². The number of nitrogens with zero attached hydrogens (tertiary/aromatic N) is 3. The van der Waals surface area contributed by atoms with Gasteiger partial charge in [0.25, 0.3) is 0 Å². The summed E-state index contributed by atoms with van der Waals surface area (Å²) in [6.07, 6.45) is 1.56. The molecule has 20 heavy (non-hydrogen) atoms. The van der Waals surface area contributed by atoms with E-state index in [2.05, 4.69) is 9.97 Å². The molecule has 1 atom stereocenters. The Kier molecular flexibility index (Phi) is 4.47. The molecule has 7 heteroatoms. The van der Waals surface area contributed by atoms with Crippen LogP contribution in [-0.2, 0) is 4.84 Å². The van der Waals surface area contributed by atoms with E-state index in [9.17, 15) is 9.18 Å². The van der Waals surface area contributed by atoms with Crippen LogP contribution < -0.4 is 4.61 Å². The van der Waals surface area contributed by atoms with Gasteiger partial charge in [0.05, 0.1) is 0 Å². The van der Waals surface area contributed by atoms with Gasteiger partial charge in [-0.15, -0.1) is 0 Å². The van der Waals surface area contributed by atoms with Crippen molar-refractivity contribution in [1.82, 2.24) is 15.0 Å². The van der Waals surface area contributed by atoms with Crippen molar-refractivity contribution in [2.24, 2.45) is 0 Å². The summed E-state index contributed by atoms with van der Waals surface area (Å²) in [5.41, 5.74) is 1.45. The van der Waals surface area contributed by atoms with Crippen LogP contribution in [0.3, 0.4) is 0 Å². The summed E-state index contributed by atoms with van der Waals surface area (Å²) in [6.45, 7) is 0. The maximum atomic E-state index is 13.0. The SMILES string of the molecule is CON(C)C(=O)c1nc([AsH2])ncc1-c1ccc(F)cc1. The van der Waals surface area contributed by atoms with E-state index in [1.807, 2.05) is 0 Å². The standard InChI is InChI=1S/C13H13AsFN3O2/c1-18(20-2)12(19)11-10(7-16-13(14)17-11)8-3-5-9(15)6-4-8/h3-7H,14H2,1-2H3. The third kappa shape index (κ3) is 3.03. The first-order valence-electron chi connectivity index (χ1n) is 5.73. The predicted octanol–water partition coefficient (Wildman–Crippen LogP) is 0.175. The van der Waals surface area contributed by atoms with Crippen LogP contribution in [-0.4, -0.2) is 51.9 Å². The minimum atomic E-state index is -0.381. The van der Waals surface area contributed by atoms with Crippen molar-refractivity contribution in [1.29, 1.82) is 0 Å². The van der Waals surface area contributed by atoms with Crippen molar-refractivity contribution in [3.05, 3.63) is 42.0 Å². The zero-order chi connectivity index (χ0) is 14.7. The molecule has 1 amide bonds. The van der Waals surface area contributed by atoms with Crippen molar-refractivity contribution < 1.29 is 14.0 Å². The Morgan fingerprint density at radius 2 is 2.00 bits per heavy atom. The van der Waals surface area contributed by atoms with E-state index in [-0.39, 0.29) is 17.4 Å². The van der Waals surface area contributed by atoms with Crippen LogP contribution >= 0.6 is 0 Å². The second kappa shape index (κ2) is 6.11. The molecule has 0 fully saturated rings. The quantitative estimate of drug-likeness (QED) is 0.592. The van der Waals surface area contributed by atoms with E-state index in [0.717, 1.165) is 5.06 Å². The zero-order valence-corrected chi connectivity index (χ0v) is 13.4. The summed E-state index contributed by atoms with van der Waals surface area (Å²) in [5.74, 6) is -0.722. The number of rotatable bonds is 3. The van der Waals surface area contributed by atoms with Crippen LogP contribution in [0.2, 0.25) is 0 Å². The molecule has 0 aliphatic heterocycles. The Hall–Kier alpha value is -1.78. The van der Waals surface area contributed by atoms with Crippen molar-refractivity contribution in [2.75, 3.05) is 14.2 Å². The first-order chi connectivity index (χ1) is 9.52. The Bertz CT molecular complexity index is 634. The van der Waals surface area contributed by atoms with Crippen LogP contribution in [0.15, 0.2) is 30.5 Å². The second-order valence-corrected chi connectivity index (χ2v) is 5.07. The maximum absolute atomic E-state index is 13.0. The topological polar surface area (TPSA) is 55.3 Å². The number of benzene rings is 1. The van der Waals surface area contributed by atoms with Crippen LogP contribution in [0.5, 0.6) is 0 Å². The number of hydrogen-bond acceptors (Lipinski definition) is 4. The molecule has 0 bridgehead atoms. The molecule has 0 radical (unpaired) electrons. The first-order valence-corrected chi connectivity index (χ1v) is 6.94. The fraction of sp³-hybridized carbons (Fsp3) is 0.154. The van der Waals surface area contributed by atoms with Gasteiger partial charge in [0, 0.05) is 0 Å². The summed E-state index contributed by atoms with van der Waals surface area (Å²) in [4.78, 5) is 25.4. The van der Waals surface area contributed by atoms with Gasteiger partial charge in [-0.1, -0.05) is 0 Å². The van der Waals surface area contributed by atoms with Gasteiger partial charge in [0.15, 0.2) is 0 Å². The third-order valence-corrected chi connectivity index (χ3v) is 3.31. The molecule has 2 rings (SSSR count). The number of carbonyl (C=O) groups excluding carboxylic acids is 1. The van der Waals surface area contributed by atoms with E-state index < -0.39 is 0 Å². The summed E-state index contributed by atoms with van der Waals surface area (Å²) >= 11 is 1.21. The second-order valence-electron chi connectivity index (χ2n) is 3.98. The third-order valence-electron chi connectivity index (χ3n) is 2.73. The molecule has 1 heterocycles. The minimum absolute atomic E-state index is 0.232. The Morgan fingerprint density at radius 3 is 2.60 bits per heavy atom. The molecule has 0 spiro atoms. The van der Waals surface area contributed by atoms with Crippen LogP contribution in [0.25, 0.3) is 11.1 Å². The molecule has 1 unspecified atom stereocenters. The van der Waals surface area contributed by atoms with Gasteiger partial charge in [-0.05, 0) is 0 Å². The van der Waals surface area contributed by atoms with E-state index in [1.54, 1.807) is 18.3 Å². The van der Waals surface area contributed by atoms with Gasteiger partial charge in [0.1, 0.15) is 0 Å². The van der Waals surface area contributed by atoms with E-state index >= 15 is 0 Å². The number of hydrogen-bond donors (Lipinski definition) is 0. The molecular weight excluding hydrogens is 324 g/mol. The molecule has 0 aliphatic carbocycles. The Balaban J connectivity index is 2.53. The zero-order valence-electron chi connectivity index (χ0n) is 11.0. The van der Waals surface area contributed by atoms with Crippen LogP contribution in [0.4, 0.5) is 4.39 Å². The number of hydroxylamine groups is 2. The predicted molar refractivity (Wildman–Crippen MR) is 74.7 cm³/mol. The van der Waals surface area contributed by atoms with Gasteiger partial charge in [0.2, 0.25) is 0 Å². The van der Waals surface area contributed by atoms with Gasteiger partial charge >= 0.3 is 124 Å². The number of carbonyl (C=O) groups is 1. The van der Waals surface area contributed by atoms with E-state index in [0.29, 0.717) is 15.7 Å². The number of halogens is 1. The molecule has 1 aromatic heterocycles. The molecule has 5 nitrogen and oxygen atoms in total. The summed E-state index contributed by atoms with van der Waals surface area (Å²) in [5, 5.41) is 1.09. The Labute approximate surface area is 124 Å². The summed E-state index contributed by atoms with van der Waals surface area (Å²) in [7, 11) is 2.90. The first kappa shape index (κ1) is 14.6. The number of amides is 1. The van der Waals surface area contributed by atoms with Gasteiger partial charge in [-0.3, -0.25) is 0 Å². The molecule has 0 aliphatic rings. The average molecular weight is 337 g/mol. The number of aromatic nitrogens is 2. The summed E-state index contributed by atoms with van der Waals surface area (Å²) in [6, 6.07) is 5.82. The summed E-state index contributed by atoms with van der Waals surface area (Å²) < 4.78 is 13.5. The van der Waals surface area contributed by atoms with Crippen molar-refractivity contribution in [2.45, 2.75) is 0 Å². The fourth-order valence-corrected chi connectivity index (χ4v) is 2.06.